The van der Waals surface area contributed by atoms with E-state index in [9.17, 15) is 0 Å². The first-order valence-electron chi connectivity index (χ1n) is 7.75. The third kappa shape index (κ3) is 3.26. The number of thioether (sulfide) groups is 1. The third-order valence-electron chi connectivity index (χ3n) is 4.38. The van der Waals surface area contributed by atoms with Gasteiger partial charge in [-0.1, -0.05) is 24.6 Å². The van der Waals surface area contributed by atoms with Gasteiger partial charge in [-0.25, -0.2) is 9.97 Å². The van der Waals surface area contributed by atoms with E-state index in [0.717, 1.165) is 49.4 Å². The van der Waals surface area contributed by atoms with Gasteiger partial charge in [0.25, 0.3) is 0 Å². The summed E-state index contributed by atoms with van der Waals surface area (Å²) in [6.07, 6.45) is 9.65. The first-order valence-corrected chi connectivity index (χ1v) is 8.97. The second kappa shape index (κ2) is 6.76. The second-order valence-electron chi connectivity index (χ2n) is 5.77. The molecule has 0 bridgehead atoms. The van der Waals surface area contributed by atoms with Gasteiger partial charge in [0.15, 0.2) is 5.16 Å². The molecule has 1 saturated carbocycles. The van der Waals surface area contributed by atoms with Gasteiger partial charge in [0, 0.05) is 25.1 Å². The molecule has 0 unspecified atom stereocenters. The van der Waals surface area contributed by atoms with E-state index in [4.69, 9.17) is 9.97 Å². The van der Waals surface area contributed by atoms with Crippen LogP contribution in [0.2, 0.25) is 0 Å². The molecule has 2 N–H and O–H groups in total. The van der Waals surface area contributed by atoms with E-state index in [1.165, 1.54) is 36.9 Å². The Morgan fingerprint density at radius 2 is 2.00 bits per heavy atom. The van der Waals surface area contributed by atoms with Crippen LogP contribution in [-0.2, 0) is 12.8 Å². The van der Waals surface area contributed by atoms with E-state index in [-0.39, 0.29) is 0 Å². The molecule has 5 heteroatoms. The maximum absolute atomic E-state index is 4.72. The van der Waals surface area contributed by atoms with Crippen molar-refractivity contribution in [3.8, 4) is 0 Å². The Hall–Kier alpha value is -0.810. The molecule has 0 saturated heterocycles. The van der Waals surface area contributed by atoms with E-state index >= 15 is 0 Å². The summed E-state index contributed by atoms with van der Waals surface area (Å²) in [5.74, 6) is 1.93. The van der Waals surface area contributed by atoms with Crippen molar-refractivity contribution in [1.29, 1.82) is 0 Å². The van der Waals surface area contributed by atoms with Crippen molar-refractivity contribution in [2.24, 2.45) is 5.92 Å². The summed E-state index contributed by atoms with van der Waals surface area (Å²) in [5.41, 5.74) is 2.58. The minimum absolute atomic E-state index is 0.835. The van der Waals surface area contributed by atoms with Gasteiger partial charge in [0.1, 0.15) is 5.82 Å². The zero-order chi connectivity index (χ0) is 13.8. The van der Waals surface area contributed by atoms with Gasteiger partial charge in [-0.05, 0) is 38.0 Å². The molecule has 110 valence electrons. The van der Waals surface area contributed by atoms with Crippen molar-refractivity contribution in [3.63, 3.8) is 0 Å². The topological polar surface area (TPSA) is 49.8 Å². The molecule has 0 aromatic carbocycles. The summed E-state index contributed by atoms with van der Waals surface area (Å²) in [4.78, 5) is 9.42. The van der Waals surface area contributed by atoms with Gasteiger partial charge in [-0.2, -0.15) is 0 Å². The molecule has 20 heavy (non-hydrogen) atoms. The summed E-state index contributed by atoms with van der Waals surface area (Å²) in [5, 5.41) is 7.98. The van der Waals surface area contributed by atoms with E-state index in [1.54, 1.807) is 11.8 Å². The quantitative estimate of drug-likeness (QED) is 0.659. The highest BCUT2D eigenvalue weighted by Gasteiger charge is 2.19. The van der Waals surface area contributed by atoms with Gasteiger partial charge in [0.05, 0.1) is 5.69 Å². The molecular formula is C15H24N4S. The van der Waals surface area contributed by atoms with Crippen molar-refractivity contribution in [2.45, 2.75) is 43.7 Å². The highest BCUT2D eigenvalue weighted by molar-refractivity contribution is 7.98. The van der Waals surface area contributed by atoms with Gasteiger partial charge >= 0.3 is 0 Å². The van der Waals surface area contributed by atoms with Gasteiger partial charge < -0.3 is 10.6 Å². The lowest BCUT2D eigenvalue weighted by molar-refractivity contribution is 0.577. The van der Waals surface area contributed by atoms with Crippen LogP contribution in [0.15, 0.2) is 5.16 Å². The molecule has 1 aliphatic heterocycles. The summed E-state index contributed by atoms with van der Waals surface area (Å²) >= 11 is 1.64. The molecule has 0 spiro atoms. The molecule has 2 heterocycles. The van der Waals surface area contributed by atoms with E-state index in [2.05, 4.69) is 16.9 Å². The lowest BCUT2D eigenvalue weighted by Crippen LogP contribution is -2.17. The van der Waals surface area contributed by atoms with Crippen molar-refractivity contribution in [3.05, 3.63) is 11.3 Å². The normalized spacial score (nSPS) is 19.6. The van der Waals surface area contributed by atoms with Crippen LogP contribution in [0.3, 0.4) is 0 Å². The molecule has 0 atom stereocenters. The lowest BCUT2D eigenvalue weighted by Gasteiger charge is -2.16. The van der Waals surface area contributed by atoms with E-state index < -0.39 is 0 Å². The van der Waals surface area contributed by atoms with Crippen LogP contribution in [-0.4, -0.2) is 35.9 Å². The average Bonchev–Trinajstić information content (AvgIpc) is 2.88. The molecule has 1 aromatic heterocycles. The van der Waals surface area contributed by atoms with Crippen LogP contribution in [0.4, 0.5) is 5.82 Å². The fourth-order valence-electron chi connectivity index (χ4n) is 3.22. The molecule has 0 amide bonds. The summed E-state index contributed by atoms with van der Waals surface area (Å²) in [6.45, 7) is 3.14. The number of nitrogens with one attached hydrogen (secondary N) is 2. The molecule has 0 radical (unpaired) electrons. The van der Waals surface area contributed by atoms with Gasteiger partial charge in [0.2, 0.25) is 0 Å². The number of rotatable bonds is 4. The molecule has 1 aromatic rings. The molecule has 4 nitrogen and oxygen atoms in total. The number of hydrogen-bond donors (Lipinski definition) is 2. The highest BCUT2D eigenvalue weighted by atomic mass is 32.2. The zero-order valence-electron chi connectivity index (χ0n) is 12.2. The standard InChI is InChI=1S/C15H24N4S/c1-20-15-18-13-7-9-16-8-6-12(13)14(19-15)17-10-11-4-2-3-5-11/h11,16H,2-10H2,1H3,(H,17,18,19). The van der Waals surface area contributed by atoms with Gasteiger partial charge in [-0.15, -0.1) is 0 Å². The Labute approximate surface area is 125 Å². The fraction of sp³-hybridized carbons (Fsp3) is 0.733. The Morgan fingerprint density at radius 1 is 1.20 bits per heavy atom. The maximum atomic E-state index is 4.72. The molecule has 2 aliphatic rings. The van der Waals surface area contributed by atoms with Crippen molar-refractivity contribution < 1.29 is 0 Å². The number of anilines is 1. The van der Waals surface area contributed by atoms with Crippen LogP contribution in [0.25, 0.3) is 0 Å². The molecule has 1 aliphatic carbocycles. The number of nitrogens with zero attached hydrogens (tertiary/aromatic N) is 2. The minimum Gasteiger partial charge on any atom is -0.369 e. The highest BCUT2D eigenvalue weighted by Crippen LogP contribution is 2.27. The van der Waals surface area contributed by atoms with Crippen molar-refractivity contribution in [1.82, 2.24) is 15.3 Å². The SMILES string of the molecule is CSc1nc2c(c(NCC3CCCC3)n1)CCNCC2. The Balaban J connectivity index is 1.79. The Bertz CT molecular complexity index is 457. The predicted octanol–water partition coefficient (Wildman–Crippen LogP) is 2.49. The minimum atomic E-state index is 0.835. The molecular weight excluding hydrogens is 268 g/mol. The summed E-state index contributed by atoms with van der Waals surface area (Å²) in [6, 6.07) is 0. The van der Waals surface area contributed by atoms with E-state index in [1.807, 2.05) is 0 Å². The maximum Gasteiger partial charge on any atom is 0.189 e. The fourth-order valence-corrected chi connectivity index (χ4v) is 3.60. The van der Waals surface area contributed by atoms with Crippen LogP contribution < -0.4 is 10.6 Å². The van der Waals surface area contributed by atoms with E-state index in [0.29, 0.717) is 0 Å². The summed E-state index contributed by atoms with van der Waals surface area (Å²) < 4.78 is 0. The second-order valence-corrected chi connectivity index (χ2v) is 6.54. The first-order chi connectivity index (χ1) is 9.86. The van der Waals surface area contributed by atoms with Crippen LogP contribution in [0, 0.1) is 5.92 Å². The summed E-state index contributed by atoms with van der Waals surface area (Å²) in [7, 11) is 0. The zero-order valence-corrected chi connectivity index (χ0v) is 13.1. The van der Waals surface area contributed by atoms with Crippen LogP contribution in [0.1, 0.15) is 36.9 Å². The number of hydrogen-bond acceptors (Lipinski definition) is 5. The largest absolute Gasteiger partial charge is 0.369 e. The third-order valence-corrected chi connectivity index (χ3v) is 4.93. The Kier molecular flexibility index (Phi) is 4.78. The van der Waals surface area contributed by atoms with Crippen molar-refractivity contribution >= 4 is 17.6 Å². The van der Waals surface area contributed by atoms with Crippen molar-refractivity contribution in [2.75, 3.05) is 31.2 Å². The van der Waals surface area contributed by atoms with Crippen LogP contribution in [0.5, 0.6) is 0 Å². The van der Waals surface area contributed by atoms with Gasteiger partial charge in [-0.3, -0.25) is 0 Å². The first kappa shape index (κ1) is 14.1. The van der Waals surface area contributed by atoms with Crippen LogP contribution >= 0.6 is 11.8 Å². The predicted molar refractivity (Wildman–Crippen MR) is 84.5 cm³/mol. The Morgan fingerprint density at radius 3 is 2.80 bits per heavy atom. The molecule has 1 fully saturated rings. The number of fused-ring (bicyclic) bond motifs is 1. The molecule has 3 rings (SSSR count). The monoisotopic (exact) mass is 292 g/mol. The average molecular weight is 292 g/mol. The number of aromatic nitrogens is 2. The smallest absolute Gasteiger partial charge is 0.189 e. The lowest BCUT2D eigenvalue weighted by atomic mass is 10.1.